The Morgan fingerprint density at radius 1 is 0.199 bits per heavy atom. The Morgan fingerprint density at radius 3 is 0.863 bits per heavy atom. The van der Waals surface area contributed by atoms with Crippen LogP contribution in [0.25, 0.3) is 154 Å². The van der Waals surface area contributed by atoms with E-state index in [4.69, 9.17) is 44.9 Å². The lowest BCUT2D eigenvalue weighted by atomic mass is 9.82. The van der Waals surface area contributed by atoms with Crippen LogP contribution in [-0.2, 0) is 19.1 Å². The minimum Gasteiger partial charge on any atom is -0.309 e. The Hall–Kier alpha value is -15.2. The van der Waals surface area contributed by atoms with E-state index in [1.165, 1.54) is 84.3 Å². The van der Waals surface area contributed by atoms with E-state index in [0.29, 0.717) is 52.4 Å². The van der Waals surface area contributed by atoms with E-state index in [2.05, 4.69) is 205 Å². The van der Waals surface area contributed by atoms with Gasteiger partial charge in [0, 0.05) is 144 Å². The van der Waals surface area contributed by atoms with Gasteiger partial charge in [-0.05, 0) is 95.8 Å². The summed E-state index contributed by atoms with van der Waals surface area (Å²) in [4.78, 5) is 44.7. The summed E-state index contributed by atoms with van der Waals surface area (Å²) in [6.45, 7) is 19.0. The predicted octanol–water partition coefficient (Wildman–Crippen LogP) is 24.0. The van der Waals surface area contributed by atoms with Crippen LogP contribution >= 0.6 is 44.1 Å². The first-order valence-electron chi connectivity index (χ1n) is 49.3. The number of nitrogens with zero attached hydrogens (tertiary/aromatic N) is 9. The highest BCUT2D eigenvalue weighted by molar-refractivity contribution is 7.88. The molecule has 0 spiro atoms. The van der Waals surface area contributed by atoms with Gasteiger partial charge in [0.2, 0.25) is 0 Å². The number of aromatic nitrogens is 9. The monoisotopic (exact) mass is 2020 g/mol. The molecule has 0 radical (unpaired) electrons. The van der Waals surface area contributed by atoms with Crippen molar-refractivity contribution in [2.75, 3.05) is 0 Å². The molecule has 12 nitrogen and oxygen atoms in total. The maximum atomic E-state index is 16.2. The van der Waals surface area contributed by atoms with Gasteiger partial charge in [0.15, 0.2) is 73.8 Å². The maximum absolute atomic E-state index is 16.2. The van der Waals surface area contributed by atoms with Crippen molar-refractivity contribution in [3.8, 4) is 114 Å². The van der Waals surface area contributed by atoms with Crippen molar-refractivity contribution in [3.63, 3.8) is 0 Å². The quantitative estimate of drug-likeness (QED) is 0.0840. The molecule has 3 aliphatic heterocycles. The molecule has 1 aliphatic carbocycles. The average molecular weight is 2030 g/mol. The summed E-state index contributed by atoms with van der Waals surface area (Å²) in [6.07, 6.45) is 0. The number of hydrogen-bond donors (Lipinski definition) is 0. The van der Waals surface area contributed by atoms with Crippen LogP contribution in [-0.4, -0.2) is 69.1 Å². The van der Waals surface area contributed by atoms with E-state index in [-0.39, 0.29) is 5.41 Å². The first kappa shape index (κ1) is 91.9. The van der Waals surface area contributed by atoms with E-state index < -0.39 is 45.6 Å². The molecule has 18 aromatic carbocycles. The lowest BCUT2D eigenvalue weighted by Crippen LogP contribution is -2.67. The number of rotatable bonds is 12. The molecule has 146 heavy (non-hydrogen) atoms. The lowest BCUT2D eigenvalue weighted by molar-refractivity contribution is 0.591. The number of thiophene rings is 2. The zero-order valence-corrected chi connectivity index (χ0v) is 88.8. The smallest absolute Gasteiger partial charge is 0.170 e. The van der Waals surface area contributed by atoms with E-state index in [9.17, 15) is 0 Å². The van der Waals surface area contributed by atoms with Crippen LogP contribution in [0.15, 0.2) is 437 Å². The second kappa shape index (κ2) is 35.9. The number of benzene rings is 18. The van der Waals surface area contributed by atoms with Crippen molar-refractivity contribution in [1.29, 1.82) is 0 Å². The van der Waals surface area contributed by atoms with Crippen molar-refractivity contribution in [1.82, 2.24) is 44.9 Å². The number of fused-ring (bicyclic) bond motifs is 15. The van der Waals surface area contributed by atoms with Crippen LogP contribution < -0.4 is 78.9 Å². The molecule has 8 heterocycles. The summed E-state index contributed by atoms with van der Waals surface area (Å²) >= 11 is 3.52. The largest absolute Gasteiger partial charge is 0.309 e. The minimum atomic E-state index is -3.29. The maximum Gasteiger partial charge on any atom is 0.170 e. The highest BCUT2D eigenvalue weighted by Crippen LogP contribution is 2.55. The lowest BCUT2D eigenvalue weighted by Gasteiger charge is -2.39. The fourth-order valence-electron chi connectivity index (χ4n) is 22.3. The van der Waals surface area contributed by atoms with Crippen LogP contribution in [0.3, 0.4) is 0 Å². The van der Waals surface area contributed by atoms with Crippen molar-refractivity contribution >= 4 is 188 Å². The van der Waals surface area contributed by atoms with Crippen LogP contribution in [0, 0.1) is 0 Å². The summed E-state index contributed by atoms with van der Waals surface area (Å²) in [6, 6.07) is 150. The summed E-state index contributed by atoms with van der Waals surface area (Å²) in [5, 5.41) is 21.0. The SMILES string of the molecule is CC1(C)c2cc(-c3nc(-c4ccccc4)nc(-c4ccccc4)n3)ccc2-c2cc3c(cc21)P(=O)(c1ccccc1)c1ccccc1[Si]3(C)C.C[Si]1(C)c2ccc(-c3nc(-c4ccccc4)nc(-c4ccccc4)n3)cc2P(=O)(c2ccccc2)c2cc3sc4ccccc4c3cc21.C[Si]1(C)c2ccccc2P(=O)(c2ccccc2)c2cc3sc4cc(-c5nc(-c6ccccc6)nc(-c6ccccc6)n5)ccc4c3cc21. The summed E-state index contributed by atoms with van der Waals surface area (Å²) in [7, 11) is -16.2. The molecular formula is C126H96N9O3P3S2Si3. The first-order valence-corrected chi connectivity index (χ1v) is 65.0. The zero-order valence-electron chi connectivity index (χ0n) is 81.5. The minimum absolute atomic E-state index is 0.336. The Kier molecular flexibility index (Phi) is 22.6. The molecule has 23 aromatic rings. The van der Waals surface area contributed by atoms with Gasteiger partial charge < -0.3 is 13.7 Å². The highest BCUT2D eigenvalue weighted by Gasteiger charge is 2.51. The van der Waals surface area contributed by atoms with Gasteiger partial charge in [0.25, 0.3) is 0 Å². The molecule has 27 rings (SSSR count). The molecule has 3 unspecified atom stereocenters. The normalized spacial score (nSPS) is 16.9. The van der Waals surface area contributed by atoms with Gasteiger partial charge in [-0.3, -0.25) is 0 Å². The van der Waals surface area contributed by atoms with Crippen molar-refractivity contribution < 1.29 is 13.7 Å². The van der Waals surface area contributed by atoms with Crippen LogP contribution in [0.5, 0.6) is 0 Å². The number of hydrogen-bond acceptors (Lipinski definition) is 14. The highest BCUT2D eigenvalue weighted by atomic mass is 32.1. The molecule has 0 N–H and O–H groups in total. The molecular weight excluding hydrogens is 1930 g/mol. The molecule has 702 valence electrons. The Bertz CT molecular complexity index is 9190. The van der Waals surface area contributed by atoms with Gasteiger partial charge in [0.05, 0.1) is 0 Å². The van der Waals surface area contributed by atoms with Gasteiger partial charge in [-0.25, -0.2) is 44.9 Å². The summed E-state index contributed by atoms with van der Waals surface area (Å²) < 4.78 is 52.2. The van der Waals surface area contributed by atoms with Crippen LogP contribution in [0.4, 0.5) is 0 Å². The van der Waals surface area contributed by atoms with Gasteiger partial charge in [0.1, 0.15) is 24.2 Å². The third kappa shape index (κ3) is 15.3. The van der Waals surface area contributed by atoms with Crippen molar-refractivity contribution in [2.45, 2.75) is 58.5 Å². The molecule has 0 bridgehead atoms. The van der Waals surface area contributed by atoms with Crippen LogP contribution in [0.2, 0.25) is 39.3 Å². The molecule has 3 atom stereocenters. The van der Waals surface area contributed by atoms with Gasteiger partial charge in [-0.15, -0.1) is 22.7 Å². The fraction of sp³-hybridized carbons (Fsp3) is 0.0714. The molecule has 4 aliphatic rings. The average Bonchev–Trinajstić information content (AvgIpc) is 1.36. The van der Waals surface area contributed by atoms with Gasteiger partial charge in [-0.1, -0.05) is 447 Å². The standard InChI is InChI=1S/C44H36N3OPSi.2C41H30N3OPSSi/c1-44(2)35-26-31(43-46-41(29-16-8-5-9-17-29)45-42(47-43)30-18-10-6-11-19-30)24-25-33(35)34-27-40-38(28-36(34)44)49(48,32-20-12-7-13-21-32)37-22-14-15-23-39(37)50(40,3)4;1-48(2)37-21-13-12-20-33(37)46(45,30-18-10-5-11-19-30)34-26-36-32(25-38(34)48)31-23-22-29(24-35(31)47-36)41-43-39(27-14-6-3-7-15-27)42-40(44-41)28-16-8-4-9-17-28;1-48(2)37-23-22-29(41-43-39(27-14-6-3-7-15-27)42-40(44-41)28-16-8-4-9-17-28)24-33(37)46(45,30-18-10-5-11-19-30)34-26-36-32(25-38(34)48)31-20-12-13-21-35(31)47-36/h5-28H,1-4H3;2*3-26H,1-2H3. The molecule has 0 amide bonds. The molecule has 20 heteroatoms. The third-order valence-electron chi connectivity index (χ3n) is 30.0. The molecule has 5 aromatic heterocycles. The second-order valence-electron chi connectivity index (χ2n) is 40.0. The van der Waals surface area contributed by atoms with Crippen molar-refractivity contribution in [3.05, 3.63) is 448 Å². The van der Waals surface area contributed by atoms with E-state index in [1.807, 2.05) is 285 Å². The fourth-order valence-corrected chi connectivity index (χ4v) is 49.4. The van der Waals surface area contributed by atoms with E-state index in [0.717, 1.165) is 107 Å². The molecule has 0 saturated carbocycles. The van der Waals surface area contributed by atoms with E-state index in [1.54, 1.807) is 22.7 Å². The zero-order chi connectivity index (χ0) is 99.2. The topological polar surface area (TPSA) is 167 Å². The summed E-state index contributed by atoms with van der Waals surface area (Å²) in [5.74, 6) is 5.64. The van der Waals surface area contributed by atoms with Gasteiger partial charge in [-0.2, -0.15) is 0 Å². The molecule has 0 saturated heterocycles. The van der Waals surface area contributed by atoms with Crippen molar-refractivity contribution in [2.24, 2.45) is 0 Å². The third-order valence-corrected chi connectivity index (χ3v) is 53.5. The Balaban J connectivity index is 0.000000114. The second-order valence-corrected chi connectivity index (χ2v) is 63.3. The summed E-state index contributed by atoms with van der Waals surface area (Å²) in [5.41, 5.74) is 12.9. The van der Waals surface area contributed by atoms with E-state index >= 15 is 13.7 Å². The first-order chi connectivity index (χ1) is 71.0. The Labute approximate surface area is 859 Å². The predicted molar refractivity (Wildman–Crippen MR) is 620 cm³/mol. The van der Waals surface area contributed by atoms with Gasteiger partial charge >= 0.3 is 0 Å². The molecule has 0 fully saturated rings. The Morgan fingerprint density at radius 2 is 0.466 bits per heavy atom. The van der Waals surface area contributed by atoms with Crippen LogP contribution in [0.1, 0.15) is 25.0 Å².